The zero-order chi connectivity index (χ0) is 13.2. The first-order chi connectivity index (χ1) is 9.24. The fraction of sp³-hybridized carbons (Fsp3) is 0.250. The second kappa shape index (κ2) is 5.00. The van der Waals surface area contributed by atoms with Crippen molar-refractivity contribution in [2.45, 2.75) is 25.3 Å². The Bertz CT molecular complexity index is 591. The van der Waals surface area contributed by atoms with Gasteiger partial charge in [0.1, 0.15) is 11.6 Å². The van der Waals surface area contributed by atoms with Crippen LogP contribution in [0.5, 0.6) is 0 Å². The number of hydrogen-bond donors (Lipinski definition) is 1. The molecule has 0 heterocycles. The zero-order valence-corrected chi connectivity index (χ0v) is 10.5. The van der Waals surface area contributed by atoms with Crippen molar-refractivity contribution in [3.63, 3.8) is 0 Å². The van der Waals surface area contributed by atoms with Crippen LogP contribution in [0.3, 0.4) is 0 Å². The van der Waals surface area contributed by atoms with Gasteiger partial charge in [-0.25, -0.2) is 8.78 Å². The van der Waals surface area contributed by atoms with Crippen LogP contribution in [0, 0.1) is 11.6 Å². The van der Waals surface area contributed by atoms with Crippen LogP contribution in [0.15, 0.2) is 42.5 Å². The van der Waals surface area contributed by atoms with Crippen LogP contribution in [-0.2, 0) is 6.54 Å². The highest BCUT2D eigenvalue weighted by atomic mass is 19.1. The molecule has 1 fully saturated rings. The van der Waals surface area contributed by atoms with Gasteiger partial charge in [-0.05, 0) is 42.0 Å². The molecule has 1 aliphatic rings. The first-order valence-electron chi connectivity index (χ1n) is 6.51. The third kappa shape index (κ3) is 2.75. The second-order valence-corrected chi connectivity index (χ2v) is 4.95. The van der Waals surface area contributed by atoms with Crippen LogP contribution in [0.25, 0.3) is 0 Å². The summed E-state index contributed by atoms with van der Waals surface area (Å²) < 4.78 is 26.3. The highest BCUT2D eigenvalue weighted by molar-refractivity contribution is 5.46. The Balaban J connectivity index is 1.75. The van der Waals surface area contributed by atoms with E-state index < -0.39 is 11.6 Å². The molecule has 2 aromatic carbocycles. The lowest BCUT2D eigenvalue weighted by molar-refractivity contribution is 0.585. The van der Waals surface area contributed by atoms with Crippen LogP contribution in [-0.4, -0.2) is 0 Å². The smallest absolute Gasteiger partial charge is 0.149 e. The lowest BCUT2D eigenvalue weighted by atomic mass is 10.0. The van der Waals surface area contributed by atoms with Crippen LogP contribution >= 0.6 is 0 Å². The van der Waals surface area contributed by atoms with E-state index in [1.54, 1.807) is 0 Å². The summed E-state index contributed by atoms with van der Waals surface area (Å²) in [5, 5.41) is 3.04. The van der Waals surface area contributed by atoms with E-state index in [1.165, 1.54) is 36.1 Å². The summed E-state index contributed by atoms with van der Waals surface area (Å²) >= 11 is 0. The van der Waals surface area contributed by atoms with Gasteiger partial charge in [0, 0.05) is 12.6 Å². The van der Waals surface area contributed by atoms with Crippen molar-refractivity contribution in [1.82, 2.24) is 0 Å². The molecule has 3 rings (SSSR count). The van der Waals surface area contributed by atoms with Crippen molar-refractivity contribution >= 4 is 5.69 Å². The normalized spacial score (nSPS) is 14.4. The van der Waals surface area contributed by atoms with Crippen molar-refractivity contribution in [3.05, 3.63) is 65.2 Å². The molecule has 1 saturated carbocycles. The number of hydrogen-bond acceptors (Lipinski definition) is 1. The van der Waals surface area contributed by atoms with Gasteiger partial charge in [-0.15, -0.1) is 0 Å². The molecule has 0 unspecified atom stereocenters. The van der Waals surface area contributed by atoms with Crippen LogP contribution in [0.2, 0.25) is 0 Å². The molecule has 0 aliphatic heterocycles. The lowest BCUT2D eigenvalue weighted by Gasteiger charge is -2.11. The van der Waals surface area contributed by atoms with Gasteiger partial charge in [-0.3, -0.25) is 0 Å². The van der Waals surface area contributed by atoms with Crippen LogP contribution < -0.4 is 5.32 Å². The molecule has 1 nitrogen and oxygen atoms in total. The fourth-order valence-electron chi connectivity index (χ4n) is 2.31. The topological polar surface area (TPSA) is 12.0 Å². The third-order valence-corrected chi connectivity index (χ3v) is 3.47. The molecule has 0 atom stereocenters. The van der Waals surface area contributed by atoms with Crippen molar-refractivity contribution < 1.29 is 8.78 Å². The predicted molar refractivity (Wildman–Crippen MR) is 72.1 cm³/mol. The minimum Gasteiger partial charge on any atom is -0.379 e. The number of benzene rings is 2. The highest BCUT2D eigenvalue weighted by Crippen LogP contribution is 2.41. The Morgan fingerprint density at radius 1 is 1.05 bits per heavy atom. The molecule has 0 bridgehead atoms. The number of halogens is 2. The zero-order valence-electron chi connectivity index (χ0n) is 10.5. The van der Waals surface area contributed by atoms with E-state index in [0.717, 1.165) is 6.07 Å². The van der Waals surface area contributed by atoms with E-state index in [2.05, 4.69) is 17.4 Å². The minimum absolute atomic E-state index is 0.340. The minimum atomic E-state index is -0.554. The Kier molecular flexibility index (Phi) is 3.20. The van der Waals surface area contributed by atoms with Crippen LogP contribution in [0.1, 0.15) is 29.9 Å². The van der Waals surface area contributed by atoms with Gasteiger partial charge < -0.3 is 5.32 Å². The summed E-state index contributed by atoms with van der Waals surface area (Å²) in [5.74, 6) is -0.443. The Labute approximate surface area is 111 Å². The van der Waals surface area contributed by atoms with E-state index in [9.17, 15) is 8.78 Å². The molecule has 0 aromatic heterocycles. The monoisotopic (exact) mass is 259 g/mol. The quantitative estimate of drug-likeness (QED) is 0.855. The summed E-state index contributed by atoms with van der Waals surface area (Å²) in [6.07, 6.45) is 2.48. The van der Waals surface area contributed by atoms with E-state index >= 15 is 0 Å². The molecule has 0 amide bonds. The molecule has 98 valence electrons. The van der Waals surface area contributed by atoms with Crippen molar-refractivity contribution in [2.75, 3.05) is 5.32 Å². The molecule has 2 aromatic rings. The molecule has 0 spiro atoms. The molecule has 0 saturated heterocycles. The van der Waals surface area contributed by atoms with Gasteiger partial charge in [0.15, 0.2) is 0 Å². The molecule has 1 N–H and O–H groups in total. The first kappa shape index (κ1) is 12.2. The standard InChI is InChI=1S/C16H15F2N/c17-13-7-8-16(15(18)9-13)19-10-12-3-1-2-4-14(12)11-5-6-11/h1-4,7-9,11,19H,5-6,10H2. The van der Waals surface area contributed by atoms with E-state index in [1.807, 2.05) is 12.1 Å². The number of anilines is 1. The summed E-state index contributed by atoms with van der Waals surface area (Å²) in [6, 6.07) is 11.8. The largest absolute Gasteiger partial charge is 0.379 e. The molecular formula is C16H15F2N. The maximum absolute atomic E-state index is 13.5. The van der Waals surface area contributed by atoms with Gasteiger partial charge in [0.25, 0.3) is 0 Å². The third-order valence-electron chi connectivity index (χ3n) is 3.47. The summed E-state index contributed by atoms with van der Waals surface area (Å²) in [7, 11) is 0. The molecule has 1 aliphatic carbocycles. The average molecular weight is 259 g/mol. The SMILES string of the molecule is Fc1ccc(NCc2ccccc2C2CC2)c(F)c1. The number of nitrogens with one attached hydrogen (secondary N) is 1. The number of rotatable bonds is 4. The summed E-state index contributed by atoms with van der Waals surface area (Å²) in [6.45, 7) is 0.565. The Morgan fingerprint density at radius 3 is 2.58 bits per heavy atom. The highest BCUT2D eigenvalue weighted by Gasteiger charge is 2.25. The van der Waals surface area contributed by atoms with E-state index in [4.69, 9.17) is 0 Å². The Hall–Kier alpha value is -1.90. The van der Waals surface area contributed by atoms with Crippen molar-refractivity contribution in [3.8, 4) is 0 Å². The maximum Gasteiger partial charge on any atom is 0.149 e. The molecule has 3 heteroatoms. The fourth-order valence-corrected chi connectivity index (χ4v) is 2.31. The average Bonchev–Trinajstić information content (AvgIpc) is 3.22. The summed E-state index contributed by atoms with van der Waals surface area (Å²) in [4.78, 5) is 0. The molecular weight excluding hydrogens is 244 g/mol. The van der Waals surface area contributed by atoms with Gasteiger partial charge in [0.05, 0.1) is 5.69 Å². The molecule has 19 heavy (non-hydrogen) atoms. The van der Waals surface area contributed by atoms with Crippen LogP contribution in [0.4, 0.5) is 14.5 Å². The predicted octanol–water partition coefficient (Wildman–Crippen LogP) is 4.45. The van der Waals surface area contributed by atoms with E-state index in [-0.39, 0.29) is 0 Å². The Morgan fingerprint density at radius 2 is 1.84 bits per heavy atom. The summed E-state index contributed by atoms with van der Waals surface area (Å²) in [5.41, 5.74) is 2.87. The molecule has 0 radical (unpaired) electrons. The van der Waals surface area contributed by atoms with Gasteiger partial charge in [-0.1, -0.05) is 24.3 Å². The second-order valence-electron chi connectivity index (χ2n) is 4.95. The lowest BCUT2D eigenvalue weighted by Crippen LogP contribution is -2.04. The van der Waals surface area contributed by atoms with Gasteiger partial charge in [0.2, 0.25) is 0 Å². The van der Waals surface area contributed by atoms with E-state index in [0.29, 0.717) is 18.2 Å². The maximum atomic E-state index is 13.5. The first-order valence-corrected chi connectivity index (χ1v) is 6.51. The van der Waals surface area contributed by atoms with Crippen molar-refractivity contribution in [2.24, 2.45) is 0 Å². The van der Waals surface area contributed by atoms with Gasteiger partial charge in [-0.2, -0.15) is 0 Å². The van der Waals surface area contributed by atoms with Gasteiger partial charge >= 0.3 is 0 Å². The van der Waals surface area contributed by atoms with Crippen molar-refractivity contribution in [1.29, 1.82) is 0 Å².